The van der Waals surface area contributed by atoms with Crippen LogP contribution in [-0.4, -0.2) is 40.6 Å². The lowest BCUT2D eigenvalue weighted by Gasteiger charge is -2.44. The van der Waals surface area contributed by atoms with E-state index in [4.69, 9.17) is 0 Å². The Kier molecular flexibility index (Phi) is 5.49. The Bertz CT molecular complexity index is 327. The lowest BCUT2D eigenvalue weighted by atomic mass is 9.99. The molecule has 2 fully saturated rings. The van der Waals surface area contributed by atoms with Gasteiger partial charge < -0.3 is 9.80 Å². The van der Waals surface area contributed by atoms with Gasteiger partial charge in [0.2, 0.25) is 0 Å². The molecule has 3 rings (SSSR count). The molecule has 2 aliphatic carbocycles. The predicted octanol–water partition coefficient (Wildman–Crippen LogP) is 5.16. The van der Waals surface area contributed by atoms with Crippen molar-refractivity contribution in [2.75, 3.05) is 13.7 Å². The standard InChI is InChI=1S/C18H33N2P/c1-16(20-14-13-19(2)15-20)21(17-9-5-3-6-10-17)18-11-7-4-8-12-18/h13-14,16-18H,3-12,15H2,1-2H3. The van der Waals surface area contributed by atoms with Crippen molar-refractivity contribution in [1.29, 1.82) is 0 Å². The van der Waals surface area contributed by atoms with E-state index in [1.807, 2.05) is 0 Å². The van der Waals surface area contributed by atoms with Crippen LogP contribution in [0.3, 0.4) is 0 Å². The molecule has 0 aromatic heterocycles. The second-order valence-corrected chi connectivity index (χ2v) is 10.5. The molecule has 3 heteroatoms. The second-order valence-electron chi connectivity index (χ2n) is 7.37. The molecule has 1 heterocycles. The summed E-state index contributed by atoms with van der Waals surface area (Å²) in [6, 6.07) is 0. The van der Waals surface area contributed by atoms with E-state index in [2.05, 4.69) is 36.2 Å². The zero-order chi connectivity index (χ0) is 14.7. The van der Waals surface area contributed by atoms with Crippen molar-refractivity contribution in [3.63, 3.8) is 0 Å². The molecular formula is C18H33N2P. The molecule has 21 heavy (non-hydrogen) atoms. The molecule has 0 spiro atoms. The zero-order valence-electron chi connectivity index (χ0n) is 14.0. The Morgan fingerprint density at radius 2 is 1.38 bits per heavy atom. The van der Waals surface area contributed by atoms with Gasteiger partial charge in [-0.15, -0.1) is 0 Å². The van der Waals surface area contributed by atoms with Crippen LogP contribution in [0.25, 0.3) is 0 Å². The van der Waals surface area contributed by atoms with Gasteiger partial charge in [0.25, 0.3) is 0 Å². The van der Waals surface area contributed by atoms with Crippen LogP contribution >= 0.6 is 7.92 Å². The molecule has 1 unspecified atom stereocenters. The summed E-state index contributed by atoms with van der Waals surface area (Å²) in [4.78, 5) is 4.96. The van der Waals surface area contributed by atoms with Crippen LogP contribution in [0.1, 0.15) is 71.1 Å². The van der Waals surface area contributed by atoms with E-state index in [9.17, 15) is 0 Å². The smallest absolute Gasteiger partial charge is 0.0896 e. The SMILES string of the molecule is CC(N1C=CN(C)C1)P(C1CCCCC1)C1CCCCC1. The van der Waals surface area contributed by atoms with E-state index in [1.165, 1.54) is 64.2 Å². The average molecular weight is 308 g/mol. The third kappa shape index (κ3) is 3.76. The van der Waals surface area contributed by atoms with Gasteiger partial charge in [0.05, 0.1) is 6.67 Å². The lowest BCUT2D eigenvalue weighted by Crippen LogP contribution is -2.35. The fraction of sp³-hybridized carbons (Fsp3) is 0.889. The Labute approximate surface area is 132 Å². The van der Waals surface area contributed by atoms with Crippen LogP contribution in [0.2, 0.25) is 0 Å². The van der Waals surface area contributed by atoms with Crippen molar-refractivity contribution in [3.05, 3.63) is 12.4 Å². The maximum atomic E-state index is 2.63. The summed E-state index contributed by atoms with van der Waals surface area (Å²) in [5.41, 5.74) is 2.12. The Hall–Kier alpha value is -0.230. The Morgan fingerprint density at radius 1 is 0.857 bits per heavy atom. The van der Waals surface area contributed by atoms with Crippen molar-refractivity contribution >= 4 is 7.92 Å². The fourth-order valence-electron chi connectivity index (χ4n) is 4.63. The minimum atomic E-state index is 0.160. The molecule has 0 N–H and O–H groups in total. The van der Waals surface area contributed by atoms with Gasteiger partial charge in [-0.25, -0.2) is 0 Å². The minimum Gasteiger partial charge on any atom is -0.362 e. The Balaban J connectivity index is 1.72. The van der Waals surface area contributed by atoms with E-state index in [1.54, 1.807) is 0 Å². The van der Waals surface area contributed by atoms with E-state index in [0.29, 0.717) is 0 Å². The summed E-state index contributed by atoms with van der Waals surface area (Å²) in [7, 11) is 2.36. The van der Waals surface area contributed by atoms with Crippen LogP contribution in [-0.2, 0) is 0 Å². The quantitative estimate of drug-likeness (QED) is 0.662. The van der Waals surface area contributed by atoms with Crippen LogP contribution in [0.15, 0.2) is 12.4 Å². The second kappa shape index (κ2) is 7.36. The van der Waals surface area contributed by atoms with Crippen LogP contribution < -0.4 is 0 Å². The average Bonchev–Trinajstić information content (AvgIpc) is 2.96. The molecule has 0 amide bonds. The number of hydrogen-bond acceptors (Lipinski definition) is 2. The molecule has 0 bridgehead atoms. The molecule has 3 aliphatic rings. The summed E-state index contributed by atoms with van der Waals surface area (Å²) >= 11 is 0. The first-order valence-corrected chi connectivity index (χ1v) is 10.7. The van der Waals surface area contributed by atoms with Crippen molar-refractivity contribution < 1.29 is 0 Å². The highest BCUT2D eigenvalue weighted by Gasteiger charge is 2.36. The highest BCUT2D eigenvalue weighted by molar-refractivity contribution is 7.59. The highest BCUT2D eigenvalue weighted by atomic mass is 31.1. The number of rotatable bonds is 4. The van der Waals surface area contributed by atoms with Crippen molar-refractivity contribution in [2.24, 2.45) is 0 Å². The monoisotopic (exact) mass is 308 g/mol. The summed E-state index contributed by atoms with van der Waals surface area (Å²) in [5, 5.41) is 0. The maximum absolute atomic E-state index is 2.63. The van der Waals surface area contributed by atoms with Crippen molar-refractivity contribution in [2.45, 2.75) is 88.2 Å². The maximum Gasteiger partial charge on any atom is 0.0896 e. The first kappa shape index (κ1) is 15.7. The zero-order valence-corrected chi connectivity index (χ0v) is 14.9. The van der Waals surface area contributed by atoms with Gasteiger partial charge >= 0.3 is 0 Å². The molecule has 1 aliphatic heterocycles. The molecule has 2 saturated carbocycles. The van der Waals surface area contributed by atoms with Gasteiger partial charge in [0.15, 0.2) is 0 Å². The molecule has 0 radical (unpaired) electrons. The van der Waals surface area contributed by atoms with Gasteiger partial charge in [0, 0.05) is 25.2 Å². The first-order valence-electron chi connectivity index (χ1n) is 9.17. The van der Waals surface area contributed by atoms with Gasteiger partial charge in [-0.05, 0) is 43.9 Å². The molecular weight excluding hydrogens is 275 g/mol. The van der Waals surface area contributed by atoms with E-state index in [-0.39, 0.29) is 7.92 Å². The summed E-state index contributed by atoms with van der Waals surface area (Å²) in [6.07, 6.45) is 19.7. The summed E-state index contributed by atoms with van der Waals surface area (Å²) < 4.78 is 0. The van der Waals surface area contributed by atoms with Crippen molar-refractivity contribution in [1.82, 2.24) is 9.80 Å². The molecule has 0 saturated heterocycles. The number of nitrogens with zero attached hydrogens (tertiary/aromatic N) is 2. The number of hydrogen-bond donors (Lipinski definition) is 0. The highest BCUT2D eigenvalue weighted by Crippen LogP contribution is 2.59. The van der Waals surface area contributed by atoms with Crippen molar-refractivity contribution in [3.8, 4) is 0 Å². The molecule has 120 valence electrons. The Morgan fingerprint density at radius 3 is 1.81 bits per heavy atom. The minimum absolute atomic E-state index is 0.160. The predicted molar refractivity (Wildman–Crippen MR) is 93.7 cm³/mol. The third-order valence-corrected chi connectivity index (χ3v) is 9.68. The van der Waals surface area contributed by atoms with Gasteiger partial charge in [0.1, 0.15) is 0 Å². The van der Waals surface area contributed by atoms with Gasteiger partial charge in [-0.3, -0.25) is 0 Å². The molecule has 1 atom stereocenters. The van der Waals surface area contributed by atoms with Crippen LogP contribution in [0.5, 0.6) is 0 Å². The van der Waals surface area contributed by atoms with E-state index >= 15 is 0 Å². The van der Waals surface area contributed by atoms with Crippen LogP contribution in [0.4, 0.5) is 0 Å². The third-order valence-electron chi connectivity index (χ3n) is 5.80. The van der Waals surface area contributed by atoms with Gasteiger partial charge in [-0.1, -0.05) is 46.4 Å². The van der Waals surface area contributed by atoms with Crippen LogP contribution in [0, 0.1) is 0 Å². The summed E-state index contributed by atoms with van der Waals surface area (Å²) in [6.45, 7) is 3.65. The van der Waals surface area contributed by atoms with E-state index < -0.39 is 0 Å². The molecule has 2 nitrogen and oxygen atoms in total. The normalized spacial score (nSPS) is 26.8. The first-order chi connectivity index (χ1) is 10.3. The van der Waals surface area contributed by atoms with E-state index in [0.717, 1.165) is 23.8 Å². The fourth-order valence-corrected chi connectivity index (χ4v) is 8.86. The molecule has 0 aromatic rings. The largest absolute Gasteiger partial charge is 0.362 e. The lowest BCUT2D eigenvalue weighted by molar-refractivity contribution is 0.285. The molecule has 0 aromatic carbocycles. The van der Waals surface area contributed by atoms with Gasteiger partial charge in [-0.2, -0.15) is 0 Å². The topological polar surface area (TPSA) is 6.48 Å². The summed E-state index contributed by atoms with van der Waals surface area (Å²) in [5.74, 6) is 0.785.